The summed E-state index contributed by atoms with van der Waals surface area (Å²) in [7, 11) is 0. The number of nitro groups is 1. The molecule has 1 aliphatic carbocycles. The molecule has 160 valence electrons. The van der Waals surface area contributed by atoms with Gasteiger partial charge in [-0.1, -0.05) is 13.8 Å². The van der Waals surface area contributed by atoms with Gasteiger partial charge in [0.1, 0.15) is 0 Å². The van der Waals surface area contributed by atoms with Gasteiger partial charge in [0, 0.05) is 38.3 Å². The first-order chi connectivity index (χ1) is 13.8. The van der Waals surface area contributed by atoms with Gasteiger partial charge >= 0.3 is 5.97 Å². The van der Waals surface area contributed by atoms with Crippen LogP contribution in [0, 0.1) is 27.8 Å². The zero-order valence-corrected chi connectivity index (χ0v) is 17.2. The molecule has 0 aromatic heterocycles. The van der Waals surface area contributed by atoms with Crippen molar-refractivity contribution in [3.63, 3.8) is 0 Å². The molecule has 2 fully saturated rings. The minimum atomic E-state index is -0.584. The lowest BCUT2D eigenvalue weighted by atomic mass is 9.85. The van der Waals surface area contributed by atoms with E-state index in [9.17, 15) is 19.3 Å². The molecule has 0 amide bonds. The number of anilines is 1. The molecule has 0 unspecified atom stereocenters. The number of carbonyl (C=O) groups is 1. The third-order valence-corrected chi connectivity index (χ3v) is 5.90. The lowest BCUT2D eigenvalue weighted by Gasteiger charge is -2.42. The highest BCUT2D eigenvalue weighted by Gasteiger charge is 2.32. The van der Waals surface area contributed by atoms with Crippen LogP contribution in [0.25, 0.3) is 0 Å². The molecule has 1 aliphatic heterocycles. The molecule has 7 nitrogen and oxygen atoms in total. The summed E-state index contributed by atoms with van der Waals surface area (Å²) in [6, 6.07) is 4.29. The monoisotopic (exact) mass is 407 g/mol. The second-order valence-electron chi connectivity index (χ2n) is 8.45. The van der Waals surface area contributed by atoms with E-state index in [1.54, 1.807) is 0 Å². The molecule has 0 spiro atoms. The van der Waals surface area contributed by atoms with Gasteiger partial charge in [0.15, 0.2) is 5.82 Å². The molecule has 29 heavy (non-hydrogen) atoms. The average Bonchev–Trinajstić information content (AvgIpc) is 2.72. The Balaban J connectivity index is 1.47. The first-order valence-corrected chi connectivity index (χ1v) is 10.4. The predicted octanol–water partition coefficient (Wildman–Crippen LogP) is 3.61. The molecular formula is C21H30FN3O4. The average molecular weight is 407 g/mol. The van der Waals surface area contributed by atoms with Gasteiger partial charge in [-0.2, -0.15) is 0 Å². The van der Waals surface area contributed by atoms with Crippen LogP contribution in [0.1, 0.15) is 39.5 Å². The Labute approximate surface area is 171 Å². The Morgan fingerprint density at radius 2 is 1.86 bits per heavy atom. The third kappa shape index (κ3) is 5.44. The molecular weight excluding hydrogens is 377 g/mol. The summed E-state index contributed by atoms with van der Waals surface area (Å²) in [5.74, 6) is -0.239. The summed E-state index contributed by atoms with van der Waals surface area (Å²) in [6.45, 7) is 7.57. The number of hydrogen-bond donors (Lipinski definition) is 0. The molecule has 3 rings (SSSR count). The van der Waals surface area contributed by atoms with E-state index in [0.717, 1.165) is 44.8 Å². The molecule has 1 saturated carbocycles. The van der Waals surface area contributed by atoms with Gasteiger partial charge in [-0.15, -0.1) is 0 Å². The number of ether oxygens (including phenoxy) is 1. The molecule has 0 atom stereocenters. The van der Waals surface area contributed by atoms with E-state index in [-0.39, 0.29) is 17.6 Å². The van der Waals surface area contributed by atoms with Crippen LogP contribution in [-0.2, 0) is 9.53 Å². The van der Waals surface area contributed by atoms with Crippen LogP contribution in [0.5, 0.6) is 0 Å². The van der Waals surface area contributed by atoms with E-state index in [1.165, 1.54) is 12.1 Å². The Morgan fingerprint density at radius 3 is 2.41 bits per heavy atom. The molecule has 1 aromatic rings. The fourth-order valence-corrected chi connectivity index (χ4v) is 4.24. The van der Waals surface area contributed by atoms with Gasteiger partial charge in [0.25, 0.3) is 5.69 Å². The number of esters is 1. The SMILES string of the molecule is CC(C)COC(=O)C1CCC(N2CCN(c3ccc([N+](=O)[O-])cc3F)CC2)CC1. The van der Waals surface area contributed by atoms with Crippen molar-refractivity contribution in [1.82, 2.24) is 4.90 Å². The fourth-order valence-electron chi connectivity index (χ4n) is 4.24. The smallest absolute Gasteiger partial charge is 0.308 e. The number of nitro benzene ring substituents is 1. The standard InChI is InChI=1S/C21H30FN3O4/c1-15(2)14-29-21(26)16-3-5-17(6-4-16)23-9-11-24(12-10-23)20-8-7-18(25(27)28)13-19(20)22/h7-8,13,15-17H,3-6,9-12,14H2,1-2H3. The normalized spacial score (nSPS) is 23.2. The van der Waals surface area contributed by atoms with Crippen molar-refractivity contribution >= 4 is 17.3 Å². The molecule has 8 heteroatoms. The lowest BCUT2D eigenvalue weighted by molar-refractivity contribution is -0.385. The summed E-state index contributed by atoms with van der Waals surface area (Å²) < 4.78 is 19.7. The van der Waals surface area contributed by atoms with E-state index in [4.69, 9.17) is 4.74 Å². The van der Waals surface area contributed by atoms with Crippen LogP contribution in [0.15, 0.2) is 18.2 Å². The minimum Gasteiger partial charge on any atom is -0.465 e. The Bertz CT molecular complexity index is 727. The number of rotatable bonds is 6. The highest BCUT2D eigenvalue weighted by molar-refractivity contribution is 5.72. The summed E-state index contributed by atoms with van der Waals surface area (Å²) in [5, 5.41) is 10.8. The zero-order chi connectivity index (χ0) is 21.0. The summed E-state index contributed by atoms with van der Waals surface area (Å²) in [4.78, 5) is 26.7. The van der Waals surface area contributed by atoms with Crippen LogP contribution >= 0.6 is 0 Å². The van der Waals surface area contributed by atoms with Crippen LogP contribution in [0.4, 0.5) is 15.8 Å². The molecule has 0 bridgehead atoms. The van der Waals surface area contributed by atoms with Crippen LogP contribution in [0.2, 0.25) is 0 Å². The Morgan fingerprint density at radius 1 is 1.21 bits per heavy atom. The molecule has 0 radical (unpaired) electrons. The predicted molar refractivity (Wildman–Crippen MR) is 108 cm³/mol. The first kappa shape index (κ1) is 21.5. The van der Waals surface area contributed by atoms with E-state index in [2.05, 4.69) is 4.90 Å². The molecule has 2 aliphatic rings. The van der Waals surface area contributed by atoms with Crippen molar-refractivity contribution in [2.24, 2.45) is 11.8 Å². The molecule has 1 aromatic carbocycles. The fraction of sp³-hybridized carbons (Fsp3) is 0.667. The van der Waals surface area contributed by atoms with E-state index < -0.39 is 10.7 Å². The number of carbonyl (C=O) groups excluding carboxylic acids is 1. The Hall–Kier alpha value is -2.22. The quantitative estimate of drug-likeness (QED) is 0.407. The summed E-state index contributed by atoms with van der Waals surface area (Å²) >= 11 is 0. The van der Waals surface area contributed by atoms with Crippen molar-refractivity contribution in [1.29, 1.82) is 0 Å². The number of hydrogen-bond acceptors (Lipinski definition) is 6. The first-order valence-electron chi connectivity index (χ1n) is 10.4. The number of benzene rings is 1. The topological polar surface area (TPSA) is 75.9 Å². The number of nitrogens with zero attached hydrogens (tertiary/aromatic N) is 3. The van der Waals surface area contributed by atoms with Crippen molar-refractivity contribution in [3.8, 4) is 0 Å². The minimum absolute atomic E-state index is 0.0143. The van der Waals surface area contributed by atoms with Gasteiger partial charge in [-0.25, -0.2) is 4.39 Å². The molecule has 1 saturated heterocycles. The van der Waals surface area contributed by atoms with E-state index in [0.29, 0.717) is 37.3 Å². The molecule has 1 heterocycles. The third-order valence-electron chi connectivity index (χ3n) is 5.90. The van der Waals surface area contributed by atoms with Crippen molar-refractivity contribution in [2.75, 3.05) is 37.7 Å². The van der Waals surface area contributed by atoms with Gasteiger partial charge in [-0.05, 0) is 37.7 Å². The van der Waals surface area contributed by atoms with Gasteiger partial charge in [-0.3, -0.25) is 19.8 Å². The van der Waals surface area contributed by atoms with Crippen molar-refractivity contribution in [2.45, 2.75) is 45.6 Å². The van der Waals surface area contributed by atoms with Gasteiger partial charge in [0.05, 0.1) is 29.2 Å². The number of halogens is 1. The maximum atomic E-state index is 14.3. The largest absolute Gasteiger partial charge is 0.465 e. The summed E-state index contributed by atoms with van der Waals surface area (Å²) in [5.41, 5.74) is 0.195. The van der Waals surface area contributed by atoms with Crippen molar-refractivity contribution < 1.29 is 18.8 Å². The zero-order valence-electron chi connectivity index (χ0n) is 17.2. The van der Waals surface area contributed by atoms with Gasteiger partial charge in [0.2, 0.25) is 0 Å². The lowest BCUT2D eigenvalue weighted by Crippen LogP contribution is -2.51. The van der Waals surface area contributed by atoms with Crippen LogP contribution < -0.4 is 4.90 Å². The summed E-state index contributed by atoms with van der Waals surface area (Å²) in [6.07, 6.45) is 3.68. The number of piperazine rings is 1. The second kappa shape index (κ2) is 9.52. The van der Waals surface area contributed by atoms with Gasteiger partial charge < -0.3 is 9.64 Å². The maximum Gasteiger partial charge on any atom is 0.308 e. The Kier molecular flexibility index (Phi) is 7.05. The highest BCUT2D eigenvalue weighted by Crippen LogP contribution is 2.30. The second-order valence-corrected chi connectivity index (χ2v) is 8.45. The number of non-ortho nitro benzene ring substituents is 1. The van der Waals surface area contributed by atoms with Crippen molar-refractivity contribution in [3.05, 3.63) is 34.1 Å². The van der Waals surface area contributed by atoms with E-state index in [1.807, 2.05) is 18.7 Å². The van der Waals surface area contributed by atoms with Crippen LogP contribution in [-0.4, -0.2) is 54.6 Å². The van der Waals surface area contributed by atoms with E-state index >= 15 is 0 Å². The molecule has 0 N–H and O–H groups in total. The maximum absolute atomic E-state index is 14.3. The van der Waals surface area contributed by atoms with Crippen LogP contribution in [0.3, 0.4) is 0 Å². The highest BCUT2D eigenvalue weighted by atomic mass is 19.1.